The number of ketones is 1. The monoisotopic (exact) mass is 166 g/mol. The van der Waals surface area contributed by atoms with Crippen LogP contribution in [-0.4, -0.2) is 5.78 Å². The van der Waals surface area contributed by atoms with Crippen LogP contribution in [0.1, 0.15) is 45.4 Å². The maximum Gasteiger partial charge on any atom is 0.135 e. The highest BCUT2D eigenvalue weighted by molar-refractivity contribution is 5.81. The van der Waals surface area contributed by atoms with Gasteiger partial charge in [-0.15, -0.1) is 0 Å². The van der Waals surface area contributed by atoms with Gasteiger partial charge in [0.1, 0.15) is 5.78 Å². The molecule has 0 radical (unpaired) electrons. The first-order valence-electron chi connectivity index (χ1n) is 5.30. The van der Waals surface area contributed by atoms with Gasteiger partial charge in [0, 0.05) is 12.3 Å². The van der Waals surface area contributed by atoms with Gasteiger partial charge < -0.3 is 0 Å². The van der Waals surface area contributed by atoms with Crippen LogP contribution in [0.3, 0.4) is 0 Å². The molecule has 68 valence electrons. The lowest BCUT2D eigenvalue weighted by Crippen LogP contribution is -2.32. The van der Waals surface area contributed by atoms with Crippen molar-refractivity contribution in [2.45, 2.75) is 45.4 Å². The van der Waals surface area contributed by atoms with Crippen LogP contribution in [0.4, 0.5) is 0 Å². The first-order valence-corrected chi connectivity index (χ1v) is 5.30. The molecule has 1 heteroatoms. The fraction of sp³-hybridized carbons (Fsp3) is 0.909. The molecule has 0 aromatic heterocycles. The molecule has 1 nitrogen and oxygen atoms in total. The Bertz CT molecular complexity index is 185. The molecule has 0 saturated heterocycles. The SMILES string of the molecule is C[C@@H]1C[C@H]2CCCC[C@H]2CC1=O. The van der Waals surface area contributed by atoms with E-state index in [-0.39, 0.29) is 0 Å². The van der Waals surface area contributed by atoms with Crippen molar-refractivity contribution < 1.29 is 4.79 Å². The second-order valence-corrected chi connectivity index (χ2v) is 4.61. The van der Waals surface area contributed by atoms with Crippen LogP contribution in [0.5, 0.6) is 0 Å². The van der Waals surface area contributed by atoms with E-state index in [1.165, 1.54) is 32.1 Å². The van der Waals surface area contributed by atoms with Crippen LogP contribution in [0.2, 0.25) is 0 Å². The second-order valence-electron chi connectivity index (χ2n) is 4.61. The van der Waals surface area contributed by atoms with E-state index in [9.17, 15) is 4.79 Å². The molecule has 0 aromatic carbocycles. The Kier molecular flexibility index (Phi) is 2.20. The molecule has 0 N–H and O–H groups in total. The minimum absolute atomic E-state index is 0.365. The zero-order valence-corrected chi connectivity index (χ0v) is 7.88. The van der Waals surface area contributed by atoms with Crippen molar-refractivity contribution in [3.8, 4) is 0 Å². The predicted molar refractivity (Wildman–Crippen MR) is 48.9 cm³/mol. The molecule has 2 aliphatic carbocycles. The number of hydrogen-bond acceptors (Lipinski definition) is 1. The quantitative estimate of drug-likeness (QED) is 0.541. The normalized spacial score (nSPS) is 42.4. The summed E-state index contributed by atoms with van der Waals surface area (Å²) < 4.78 is 0. The minimum atomic E-state index is 0.365. The molecule has 2 rings (SSSR count). The molecule has 0 aromatic rings. The lowest BCUT2D eigenvalue weighted by Gasteiger charge is -2.37. The van der Waals surface area contributed by atoms with Gasteiger partial charge in [0.25, 0.3) is 0 Å². The standard InChI is InChI=1S/C11H18O/c1-8-6-9-4-2-3-5-10(9)7-11(8)12/h8-10H,2-7H2,1H3/t8-,9-,10+/m1/s1. The summed E-state index contributed by atoms with van der Waals surface area (Å²) in [7, 11) is 0. The summed E-state index contributed by atoms with van der Waals surface area (Å²) in [5.41, 5.74) is 0. The van der Waals surface area contributed by atoms with Gasteiger partial charge in [0.2, 0.25) is 0 Å². The highest BCUT2D eigenvalue weighted by Crippen LogP contribution is 2.40. The van der Waals surface area contributed by atoms with Crippen molar-refractivity contribution in [3.05, 3.63) is 0 Å². The molecule has 2 saturated carbocycles. The van der Waals surface area contributed by atoms with Crippen molar-refractivity contribution in [2.24, 2.45) is 17.8 Å². The molecule has 2 fully saturated rings. The lowest BCUT2D eigenvalue weighted by molar-refractivity contribution is -0.127. The molecule has 0 aliphatic heterocycles. The van der Waals surface area contributed by atoms with E-state index in [0.29, 0.717) is 11.7 Å². The summed E-state index contributed by atoms with van der Waals surface area (Å²) >= 11 is 0. The van der Waals surface area contributed by atoms with E-state index < -0.39 is 0 Å². The van der Waals surface area contributed by atoms with E-state index in [1.54, 1.807) is 0 Å². The molecule has 0 amide bonds. The van der Waals surface area contributed by atoms with Gasteiger partial charge in [-0.05, 0) is 24.7 Å². The third-order valence-electron chi connectivity index (χ3n) is 3.74. The number of carbonyl (C=O) groups is 1. The predicted octanol–water partition coefficient (Wildman–Crippen LogP) is 2.79. The maximum absolute atomic E-state index is 11.4. The average molecular weight is 166 g/mol. The third kappa shape index (κ3) is 1.41. The molecule has 0 spiro atoms. The highest BCUT2D eigenvalue weighted by atomic mass is 16.1. The Balaban J connectivity index is 2.02. The number of rotatable bonds is 0. The van der Waals surface area contributed by atoms with Crippen molar-refractivity contribution >= 4 is 5.78 Å². The molecule has 2 aliphatic rings. The van der Waals surface area contributed by atoms with E-state index in [1.807, 2.05) is 0 Å². The number of hydrogen-bond donors (Lipinski definition) is 0. The van der Waals surface area contributed by atoms with Gasteiger partial charge in [-0.25, -0.2) is 0 Å². The molecule has 12 heavy (non-hydrogen) atoms. The summed E-state index contributed by atoms with van der Waals surface area (Å²) in [5.74, 6) is 2.55. The largest absolute Gasteiger partial charge is 0.299 e. The summed E-state index contributed by atoms with van der Waals surface area (Å²) in [6.45, 7) is 2.10. The smallest absolute Gasteiger partial charge is 0.135 e. The van der Waals surface area contributed by atoms with Crippen molar-refractivity contribution in [3.63, 3.8) is 0 Å². The fourth-order valence-electron chi connectivity index (χ4n) is 2.91. The topological polar surface area (TPSA) is 17.1 Å². The molecular formula is C11H18O. The lowest BCUT2D eigenvalue weighted by atomic mass is 9.67. The van der Waals surface area contributed by atoms with Gasteiger partial charge in [-0.2, -0.15) is 0 Å². The molecule has 0 unspecified atom stereocenters. The average Bonchev–Trinajstić information content (AvgIpc) is 2.07. The summed E-state index contributed by atoms with van der Waals surface area (Å²) in [6.07, 6.45) is 7.56. The number of Topliss-reactive ketones (excluding diaryl/α,β-unsaturated/α-hetero) is 1. The van der Waals surface area contributed by atoms with E-state index in [0.717, 1.165) is 18.3 Å². The van der Waals surface area contributed by atoms with Gasteiger partial charge in [-0.1, -0.05) is 26.2 Å². The third-order valence-corrected chi connectivity index (χ3v) is 3.74. The van der Waals surface area contributed by atoms with Crippen molar-refractivity contribution in [2.75, 3.05) is 0 Å². The number of carbonyl (C=O) groups excluding carboxylic acids is 1. The van der Waals surface area contributed by atoms with Gasteiger partial charge in [0.05, 0.1) is 0 Å². The summed E-state index contributed by atoms with van der Waals surface area (Å²) in [4.78, 5) is 11.4. The van der Waals surface area contributed by atoms with E-state index in [4.69, 9.17) is 0 Å². The van der Waals surface area contributed by atoms with Gasteiger partial charge in [-0.3, -0.25) is 4.79 Å². The van der Waals surface area contributed by atoms with Crippen LogP contribution < -0.4 is 0 Å². The summed E-state index contributed by atoms with van der Waals surface area (Å²) in [6, 6.07) is 0. The Labute approximate surface area is 74.5 Å². The Hall–Kier alpha value is -0.330. The maximum atomic E-state index is 11.4. The van der Waals surface area contributed by atoms with Crippen LogP contribution >= 0.6 is 0 Å². The Morgan fingerprint density at radius 3 is 2.58 bits per heavy atom. The van der Waals surface area contributed by atoms with Gasteiger partial charge >= 0.3 is 0 Å². The highest BCUT2D eigenvalue weighted by Gasteiger charge is 2.34. The number of fused-ring (bicyclic) bond motifs is 1. The Morgan fingerprint density at radius 2 is 1.83 bits per heavy atom. The fourth-order valence-corrected chi connectivity index (χ4v) is 2.91. The van der Waals surface area contributed by atoms with Gasteiger partial charge in [0.15, 0.2) is 0 Å². The minimum Gasteiger partial charge on any atom is -0.299 e. The van der Waals surface area contributed by atoms with Crippen LogP contribution in [-0.2, 0) is 4.79 Å². The second kappa shape index (κ2) is 3.20. The first kappa shape index (κ1) is 8.28. The molecule has 0 heterocycles. The first-order chi connectivity index (χ1) is 5.77. The Morgan fingerprint density at radius 1 is 1.17 bits per heavy atom. The van der Waals surface area contributed by atoms with Crippen molar-refractivity contribution in [1.82, 2.24) is 0 Å². The zero-order chi connectivity index (χ0) is 8.55. The molecule has 3 atom stereocenters. The van der Waals surface area contributed by atoms with E-state index in [2.05, 4.69) is 6.92 Å². The van der Waals surface area contributed by atoms with Crippen LogP contribution in [0.25, 0.3) is 0 Å². The molecule has 0 bridgehead atoms. The van der Waals surface area contributed by atoms with E-state index >= 15 is 0 Å². The van der Waals surface area contributed by atoms with Crippen LogP contribution in [0.15, 0.2) is 0 Å². The zero-order valence-electron chi connectivity index (χ0n) is 7.88. The van der Waals surface area contributed by atoms with Crippen LogP contribution in [0, 0.1) is 17.8 Å². The molecular weight excluding hydrogens is 148 g/mol. The summed E-state index contributed by atoms with van der Waals surface area (Å²) in [5, 5.41) is 0. The van der Waals surface area contributed by atoms with Crippen molar-refractivity contribution in [1.29, 1.82) is 0 Å².